The first kappa shape index (κ1) is 17.2. The minimum absolute atomic E-state index is 0.0226. The van der Waals surface area contributed by atoms with Gasteiger partial charge in [0.15, 0.2) is 0 Å². The Morgan fingerprint density at radius 1 is 1.08 bits per heavy atom. The molecule has 26 heavy (non-hydrogen) atoms. The molecule has 1 aliphatic carbocycles. The maximum atomic E-state index is 13.0. The molecule has 0 atom stereocenters. The van der Waals surface area contributed by atoms with Crippen LogP contribution in [0.5, 0.6) is 0 Å². The molecule has 6 heteroatoms. The van der Waals surface area contributed by atoms with Crippen molar-refractivity contribution < 1.29 is 9.59 Å². The molecular weight excluding hydrogens is 346 g/mol. The van der Waals surface area contributed by atoms with E-state index >= 15 is 0 Å². The lowest BCUT2D eigenvalue weighted by Gasteiger charge is -2.34. The van der Waals surface area contributed by atoms with Crippen molar-refractivity contribution in [2.45, 2.75) is 12.8 Å². The number of rotatable bonds is 3. The summed E-state index contributed by atoms with van der Waals surface area (Å²) in [6, 6.07) is 10.6. The number of likely N-dealkylation sites (N-methyl/N-ethyl adjacent to an activating group) is 1. The van der Waals surface area contributed by atoms with Gasteiger partial charge in [0.1, 0.15) is 0 Å². The molecule has 0 spiro atoms. The molecule has 2 aromatic rings. The lowest BCUT2D eigenvalue weighted by atomic mass is 9.91. The summed E-state index contributed by atoms with van der Waals surface area (Å²) in [7, 11) is 1.65. The number of hydrogen-bond acceptors (Lipinski definition) is 4. The molecule has 1 aromatic carbocycles. The fraction of sp³-hybridized carbons (Fsp3) is 0.400. The van der Waals surface area contributed by atoms with Gasteiger partial charge in [-0.1, -0.05) is 24.3 Å². The van der Waals surface area contributed by atoms with E-state index in [0.717, 1.165) is 30.8 Å². The fourth-order valence-electron chi connectivity index (χ4n) is 3.72. The molecule has 136 valence electrons. The first-order valence-electron chi connectivity index (χ1n) is 9.09. The van der Waals surface area contributed by atoms with Gasteiger partial charge in [0.25, 0.3) is 5.91 Å². The van der Waals surface area contributed by atoms with E-state index in [1.807, 2.05) is 4.90 Å². The summed E-state index contributed by atoms with van der Waals surface area (Å²) in [6.07, 6.45) is 2.06. The number of amides is 2. The second-order valence-electron chi connectivity index (χ2n) is 6.86. The predicted octanol–water partition coefficient (Wildman–Crippen LogP) is 2.02. The summed E-state index contributed by atoms with van der Waals surface area (Å²) >= 11 is 1.63. The zero-order chi connectivity index (χ0) is 18.1. The van der Waals surface area contributed by atoms with E-state index in [0.29, 0.717) is 19.6 Å². The Labute approximate surface area is 157 Å². The van der Waals surface area contributed by atoms with Crippen LogP contribution in [0.2, 0.25) is 0 Å². The molecule has 0 bridgehead atoms. The second kappa shape index (κ2) is 7.21. The summed E-state index contributed by atoms with van der Waals surface area (Å²) < 4.78 is 0. The molecule has 4 rings (SSSR count). The zero-order valence-electron chi connectivity index (χ0n) is 15.0. The molecule has 2 heterocycles. The maximum absolute atomic E-state index is 13.0. The SMILES string of the molecule is CNC(=O)CN1CCN(C(=O)c2cc3c(s2)-c2ccccc2CC3)CC1. The lowest BCUT2D eigenvalue weighted by Crippen LogP contribution is -2.50. The van der Waals surface area contributed by atoms with Gasteiger partial charge >= 0.3 is 0 Å². The van der Waals surface area contributed by atoms with Crippen molar-refractivity contribution in [2.24, 2.45) is 0 Å². The minimum Gasteiger partial charge on any atom is -0.358 e. The van der Waals surface area contributed by atoms with Crippen LogP contribution < -0.4 is 5.32 Å². The number of thiophene rings is 1. The average Bonchev–Trinajstić information content (AvgIpc) is 3.13. The van der Waals surface area contributed by atoms with Gasteiger partial charge in [-0.2, -0.15) is 0 Å². The highest BCUT2D eigenvalue weighted by molar-refractivity contribution is 7.17. The normalized spacial score (nSPS) is 16.7. The average molecular weight is 369 g/mol. The van der Waals surface area contributed by atoms with E-state index in [4.69, 9.17) is 0 Å². The Morgan fingerprint density at radius 2 is 1.81 bits per heavy atom. The molecule has 1 saturated heterocycles. The van der Waals surface area contributed by atoms with Crippen molar-refractivity contribution in [2.75, 3.05) is 39.8 Å². The van der Waals surface area contributed by atoms with E-state index in [-0.39, 0.29) is 11.8 Å². The zero-order valence-corrected chi connectivity index (χ0v) is 15.8. The molecule has 0 unspecified atom stereocenters. The van der Waals surface area contributed by atoms with Crippen LogP contribution >= 0.6 is 11.3 Å². The topological polar surface area (TPSA) is 52.7 Å². The highest BCUT2D eigenvalue weighted by Gasteiger charge is 2.26. The Morgan fingerprint density at radius 3 is 2.58 bits per heavy atom. The first-order chi connectivity index (χ1) is 12.7. The fourth-order valence-corrected chi connectivity index (χ4v) is 4.96. The van der Waals surface area contributed by atoms with E-state index in [1.54, 1.807) is 18.4 Å². The van der Waals surface area contributed by atoms with Crippen molar-refractivity contribution in [3.8, 4) is 10.4 Å². The molecule has 5 nitrogen and oxygen atoms in total. The van der Waals surface area contributed by atoms with Crippen LogP contribution in [0, 0.1) is 0 Å². The quantitative estimate of drug-likeness (QED) is 0.901. The van der Waals surface area contributed by atoms with Crippen LogP contribution in [-0.2, 0) is 17.6 Å². The van der Waals surface area contributed by atoms with Crippen LogP contribution in [0.4, 0.5) is 0 Å². The number of benzene rings is 1. The van der Waals surface area contributed by atoms with E-state index in [9.17, 15) is 9.59 Å². The number of carbonyl (C=O) groups excluding carboxylic acids is 2. The standard InChI is InChI=1S/C20H23N3O2S/c1-21-18(24)13-22-8-10-23(11-9-22)20(25)17-12-15-7-6-14-4-2-3-5-16(14)19(15)26-17/h2-5,12H,6-11,13H2,1H3,(H,21,24). The molecule has 0 radical (unpaired) electrons. The van der Waals surface area contributed by atoms with Gasteiger partial charge in [0.2, 0.25) is 5.91 Å². The van der Waals surface area contributed by atoms with E-state index < -0.39 is 0 Å². The summed E-state index contributed by atoms with van der Waals surface area (Å²) in [4.78, 5) is 30.6. The van der Waals surface area contributed by atoms with Crippen LogP contribution in [0.3, 0.4) is 0 Å². The minimum atomic E-state index is 0.0226. The van der Waals surface area contributed by atoms with Gasteiger partial charge in [0.05, 0.1) is 11.4 Å². The van der Waals surface area contributed by atoms with Crippen LogP contribution in [-0.4, -0.2) is 61.4 Å². The van der Waals surface area contributed by atoms with E-state index in [1.165, 1.54) is 21.6 Å². The molecule has 2 amide bonds. The predicted molar refractivity (Wildman–Crippen MR) is 104 cm³/mol. The van der Waals surface area contributed by atoms with Gasteiger partial charge in [0, 0.05) is 38.1 Å². The first-order valence-corrected chi connectivity index (χ1v) is 9.90. The van der Waals surface area contributed by atoms with Crippen LogP contribution in [0.25, 0.3) is 10.4 Å². The maximum Gasteiger partial charge on any atom is 0.264 e. The van der Waals surface area contributed by atoms with Crippen LogP contribution in [0.1, 0.15) is 20.8 Å². The lowest BCUT2D eigenvalue weighted by molar-refractivity contribution is -0.122. The van der Waals surface area contributed by atoms with Crippen molar-refractivity contribution in [3.63, 3.8) is 0 Å². The number of hydrogen-bond donors (Lipinski definition) is 1. The summed E-state index contributed by atoms with van der Waals surface area (Å²) in [5.74, 6) is 0.149. The molecule has 1 fully saturated rings. The highest BCUT2D eigenvalue weighted by atomic mass is 32.1. The summed E-state index contributed by atoms with van der Waals surface area (Å²) in [5, 5.41) is 2.65. The van der Waals surface area contributed by atoms with Gasteiger partial charge in [-0.15, -0.1) is 11.3 Å². The number of carbonyl (C=O) groups is 2. The Balaban J connectivity index is 1.46. The van der Waals surface area contributed by atoms with Gasteiger partial charge in [-0.25, -0.2) is 0 Å². The third kappa shape index (κ3) is 3.27. The highest BCUT2D eigenvalue weighted by Crippen LogP contribution is 2.39. The second-order valence-corrected chi connectivity index (χ2v) is 7.92. The smallest absolute Gasteiger partial charge is 0.264 e. The molecule has 1 aromatic heterocycles. The van der Waals surface area contributed by atoms with Gasteiger partial charge in [-0.3, -0.25) is 14.5 Å². The van der Waals surface area contributed by atoms with Gasteiger partial charge < -0.3 is 10.2 Å². The molecule has 2 aliphatic rings. The Bertz CT molecular complexity index is 837. The Kier molecular flexibility index (Phi) is 4.78. The number of nitrogens with one attached hydrogen (secondary N) is 1. The van der Waals surface area contributed by atoms with E-state index in [2.05, 4.69) is 40.5 Å². The van der Waals surface area contributed by atoms with Crippen molar-refractivity contribution in [1.29, 1.82) is 0 Å². The van der Waals surface area contributed by atoms with Crippen molar-refractivity contribution >= 4 is 23.2 Å². The Hall–Kier alpha value is -2.18. The van der Waals surface area contributed by atoms with Crippen molar-refractivity contribution in [1.82, 2.24) is 15.1 Å². The number of nitrogens with zero attached hydrogens (tertiary/aromatic N) is 2. The van der Waals surface area contributed by atoms with Gasteiger partial charge in [-0.05, 0) is 35.6 Å². The number of aryl methyl sites for hydroxylation is 2. The molecular formula is C20H23N3O2S. The largest absolute Gasteiger partial charge is 0.358 e. The number of fused-ring (bicyclic) bond motifs is 3. The third-order valence-corrected chi connectivity index (χ3v) is 6.45. The summed E-state index contributed by atoms with van der Waals surface area (Å²) in [6.45, 7) is 3.24. The van der Waals surface area contributed by atoms with Crippen molar-refractivity contribution in [3.05, 3.63) is 46.3 Å². The number of piperazine rings is 1. The molecule has 1 N–H and O–H groups in total. The molecule has 0 saturated carbocycles. The van der Waals surface area contributed by atoms with Crippen LogP contribution in [0.15, 0.2) is 30.3 Å². The summed E-state index contributed by atoms with van der Waals surface area (Å²) in [5.41, 5.74) is 3.96. The third-order valence-electron chi connectivity index (χ3n) is 5.25. The molecule has 1 aliphatic heterocycles. The monoisotopic (exact) mass is 369 g/mol.